The van der Waals surface area contributed by atoms with Gasteiger partial charge >= 0.3 is 12.1 Å². The van der Waals surface area contributed by atoms with Gasteiger partial charge in [-0.2, -0.15) is 13.2 Å². The van der Waals surface area contributed by atoms with Crippen molar-refractivity contribution in [1.82, 2.24) is 5.32 Å². The Kier molecular flexibility index (Phi) is 8.01. The number of methoxy groups -OCH3 is 1. The Morgan fingerprint density at radius 2 is 1.95 bits per heavy atom. The van der Waals surface area contributed by atoms with Gasteiger partial charge in [0.15, 0.2) is 0 Å². The number of hydrogen-bond donors (Lipinski definition) is 1. The normalized spacial score (nSPS) is 15.1. The number of nitrogens with one attached hydrogen (secondary N) is 1. The number of ether oxygens (including phenoxy) is 2. The molecule has 0 aliphatic rings. The molecule has 0 saturated carbocycles. The monoisotopic (exact) mass is 285 g/mol. The van der Waals surface area contributed by atoms with Gasteiger partial charge in [-0.1, -0.05) is 6.92 Å². The fourth-order valence-electron chi connectivity index (χ4n) is 1.46. The topological polar surface area (TPSA) is 47.6 Å². The zero-order valence-electron chi connectivity index (χ0n) is 11.6. The molecule has 0 bridgehead atoms. The quantitative estimate of drug-likeness (QED) is 0.521. The van der Waals surface area contributed by atoms with Crippen molar-refractivity contribution >= 4 is 5.97 Å². The summed E-state index contributed by atoms with van der Waals surface area (Å²) in [5.74, 6) is -0.489. The highest BCUT2D eigenvalue weighted by atomic mass is 19.4. The van der Waals surface area contributed by atoms with Gasteiger partial charge in [0.25, 0.3) is 0 Å². The van der Waals surface area contributed by atoms with E-state index >= 15 is 0 Å². The minimum atomic E-state index is -4.17. The maximum Gasteiger partial charge on any atom is 0.389 e. The van der Waals surface area contributed by atoms with Crippen LogP contribution >= 0.6 is 0 Å². The lowest BCUT2D eigenvalue weighted by Gasteiger charge is -2.27. The fraction of sp³-hybridized carbons (Fsp3) is 0.917. The van der Waals surface area contributed by atoms with Gasteiger partial charge in [-0.05, 0) is 26.3 Å². The fourth-order valence-corrected chi connectivity index (χ4v) is 1.46. The highest BCUT2D eigenvalue weighted by Gasteiger charge is 2.34. The van der Waals surface area contributed by atoms with Gasteiger partial charge in [0.2, 0.25) is 0 Å². The molecule has 0 saturated heterocycles. The van der Waals surface area contributed by atoms with E-state index in [0.717, 1.165) is 6.42 Å². The average Bonchev–Trinajstić information content (AvgIpc) is 2.33. The number of rotatable bonds is 9. The minimum Gasteiger partial charge on any atom is -0.468 e. The van der Waals surface area contributed by atoms with Crippen LogP contribution < -0.4 is 5.32 Å². The molecule has 1 unspecified atom stereocenters. The predicted octanol–water partition coefficient (Wildman–Crippen LogP) is 2.28. The maximum absolute atomic E-state index is 11.9. The lowest BCUT2D eigenvalue weighted by atomic mass is 10.0. The molecule has 0 aliphatic heterocycles. The summed E-state index contributed by atoms with van der Waals surface area (Å²) in [4.78, 5) is 11.6. The predicted molar refractivity (Wildman–Crippen MR) is 64.8 cm³/mol. The van der Waals surface area contributed by atoms with Crippen LogP contribution in [0.4, 0.5) is 13.2 Å². The Morgan fingerprint density at radius 3 is 2.42 bits per heavy atom. The third kappa shape index (κ3) is 8.05. The second-order valence-electron chi connectivity index (χ2n) is 4.52. The van der Waals surface area contributed by atoms with E-state index in [-0.39, 0.29) is 19.6 Å². The van der Waals surface area contributed by atoms with Crippen LogP contribution in [-0.4, -0.2) is 44.6 Å². The molecule has 19 heavy (non-hydrogen) atoms. The molecule has 0 aromatic heterocycles. The molecule has 0 radical (unpaired) electrons. The van der Waals surface area contributed by atoms with Gasteiger partial charge in [-0.15, -0.1) is 0 Å². The maximum atomic E-state index is 11.9. The average molecular weight is 285 g/mol. The Labute approximate surface area is 111 Å². The van der Waals surface area contributed by atoms with E-state index in [4.69, 9.17) is 4.74 Å². The Hall–Kier alpha value is -0.820. The highest BCUT2D eigenvalue weighted by Crippen LogP contribution is 2.21. The van der Waals surface area contributed by atoms with Gasteiger partial charge in [0, 0.05) is 13.0 Å². The summed E-state index contributed by atoms with van der Waals surface area (Å²) in [5.41, 5.74) is -1.02. The number of alkyl halides is 3. The van der Waals surface area contributed by atoms with E-state index in [1.807, 2.05) is 6.92 Å². The summed E-state index contributed by atoms with van der Waals surface area (Å²) in [7, 11) is 1.26. The van der Waals surface area contributed by atoms with E-state index in [1.165, 1.54) is 7.11 Å². The number of halogens is 3. The van der Waals surface area contributed by atoms with Crippen LogP contribution in [0, 0.1) is 0 Å². The summed E-state index contributed by atoms with van der Waals surface area (Å²) in [6.45, 7) is 4.09. The molecular formula is C12H22F3NO3. The van der Waals surface area contributed by atoms with E-state index in [9.17, 15) is 18.0 Å². The molecule has 0 aliphatic carbocycles. The van der Waals surface area contributed by atoms with E-state index < -0.39 is 24.1 Å². The summed E-state index contributed by atoms with van der Waals surface area (Å²) in [6, 6.07) is 0. The first-order chi connectivity index (χ1) is 8.75. The zero-order valence-corrected chi connectivity index (χ0v) is 11.6. The van der Waals surface area contributed by atoms with Crippen LogP contribution in [0.1, 0.15) is 33.1 Å². The smallest absolute Gasteiger partial charge is 0.389 e. The number of esters is 1. The molecular weight excluding hydrogens is 263 g/mol. The molecule has 0 spiro atoms. The molecule has 0 rings (SSSR count). The van der Waals surface area contributed by atoms with Crippen LogP contribution in [0.15, 0.2) is 0 Å². The summed E-state index contributed by atoms with van der Waals surface area (Å²) < 4.78 is 45.6. The van der Waals surface area contributed by atoms with Gasteiger partial charge in [-0.25, -0.2) is 4.79 Å². The Morgan fingerprint density at radius 1 is 1.32 bits per heavy atom. The lowest BCUT2D eigenvalue weighted by Crippen LogP contribution is -2.54. The van der Waals surface area contributed by atoms with Crippen molar-refractivity contribution in [3.8, 4) is 0 Å². The van der Waals surface area contributed by atoms with Crippen molar-refractivity contribution in [3.05, 3.63) is 0 Å². The number of hydrogen-bond acceptors (Lipinski definition) is 4. The van der Waals surface area contributed by atoms with Crippen molar-refractivity contribution in [2.24, 2.45) is 0 Å². The molecule has 4 nitrogen and oxygen atoms in total. The first kappa shape index (κ1) is 18.2. The first-order valence-corrected chi connectivity index (χ1v) is 6.23. The number of carbonyl (C=O) groups is 1. The molecule has 1 N–H and O–H groups in total. The largest absolute Gasteiger partial charge is 0.468 e. The van der Waals surface area contributed by atoms with Crippen LogP contribution in [0.25, 0.3) is 0 Å². The van der Waals surface area contributed by atoms with Crippen LogP contribution in [0.3, 0.4) is 0 Å². The summed E-state index contributed by atoms with van der Waals surface area (Å²) >= 11 is 0. The SMILES string of the molecule is CCCNC(C)(COCCCC(F)(F)F)C(=O)OC. The van der Waals surface area contributed by atoms with Crippen LogP contribution in [-0.2, 0) is 14.3 Å². The van der Waals surface area contributed by atoms with Crippen molar-refractivity contribution in [3.63, 3.8) is 0 Å². The number of carbonyl (C=O) groups excluding carboxylic acids is 1. The van der Waals surface area contributed by atoms with Gasteiger partial charge in [0.05, 0.1) is 13.7 Å². The highest BCUT2D eigenvalue weighted by molar-refractivity contribution is 5.80. The Balaban J connectivity index is 4.10. The zero-order chi connectivity index (χ0) is 14.9. The van der Waals surface area contributed by atoms with E-state index in [1.54, 1.807) is 6.92 Å². The minimum absolute atomic E-state index is 0.0163. The molecule has 7 heteroatoms. The van der Waals surface area contributed by atoms with Crippen molar-refractivity contribution in [1.29, 1.82) is 0 Å². The van der Waals surface area contributed by atoms with Gasteiger partial charge in [-0.3, -0.25) is 0 Å². The van der Waals surface area contributed by atoms with Gasteiger partial charge < -0.3 is 14.8 Å². The molecule has 0 aromatic carbocycles. The van der Waals surface area contributed by atoms with Crippen molar-refractivity contribution in [2.45, 2.75) is 44.8 Å². The standard InChI is InChI=1S/C12H22F3NO3/c1-4-7-16-11(2,10(17)18-3)9-19-8-5-6-12(13,14)15/h16H,4-9H2,1-3H3. The van der Waals surface area contributed by atoms with E-state index in [0.29, 0.717) is 6.54 Å². The molecule has 0 aromatic rings. The summed E-state index contributed by atoms with van der Waals surface area (Å²) in [5, 5.41) is 2.98. The second-order valence-corrected chi connectivity index (χ2v) is 4.52. The molecule has 114 valence electrons. The lowest BCUT2D eigenvalue weighted by molar-refractivity contribution is -0.152. The molecule has 0 heterocycles. The van der Waals surface area contributed by atoms with Crippen molar-refractivity contribution in [2.75, 3.05) is 26.9 Å². The molecule has 0 amide bonds. The molecule has 0 fully saturated rings. The first-order valence-electron chi connectivity index (χ1n) is 6.23. The third-order valence-corrected chi connectivity index (χ3v) is 2.54. The van der Waals surface area contributed by atoms with Gasteiger partial charge in [0.1, 0.15) is 5.54 Å². The second kappa shape index (κ2) is 8.37. The van der Waals surface area contributed by atoms with Crippen LogP contribution in [0.2, 0.25) is 0 Å². The Bertz CT molecular complexity index is 271. The third-order valence-electron chi connectivity index (χ3n) is 2.54. The van der Waals surface area contributed by atoms with Crippen molar-refractivity contribution < 1.29 is 27.4 Å². The van der Waals surface area contributed by atoms with E-state index in [2.05, 4.69) is 10.1 Å². The summed E-state index contributed by atoms with van der Waals surface area (Å²) in [6.07, 6.45) is -4.35. The van der Waals surface area contributed by atoms with Crippen LogP contribution in [0.5, 0.6) is 0 Å². The molecule has 1 atom stereocenters.